The molecule has 0 spiro atoms. The smallest absolute Gasteiger partial charge is 0.302 e. The average molecular weight is 406 g/mol. The molecule has 0 bridgehead atoms. The van der Waals surface area contributed by atoms with Gasteiger partial charge < -0.3 is 13.6 Å². The lowest BCUT2D eigenvalue weighted by atomic mass is 10.2. The highest BCUT2D eigenvalue weighted by Crippen LogP contribution is 2.29. The maximum atomic E-state index is 12.4. The minimum absolute atomic E-state index is 0.0156. The molecule has 0 saturated carbocycles. The Balaban J connectivity index is 1.62. The first-order valence-corrected chi connectivity index (χ1v) is 8.65. The van der Waals surface area contributed by atoms with Crippen LogP contribution in [-0.4, -0.2) is 25.0 Å². The van der Waals surface area contributed by atoms with Crippen molar-refractivity contribution < 1.29 is 9.21 Å². The predicted octanol–water partition coefficient (Wildman–Crippen LogP) is 3.13. The number of imidazole rings is 1. The van der Waals surface area contributed by atoms with Crippen LogP contribution in [-0.2, 0) is 18.4 Å². The number of fused-ring (bicyclic) bond motifs is 2. The first kappa shape index (κ1) is 17.6. The monoisotopic (exact) mass is 405 g/mol. The summed E-state index contributed by atoms with van der Waals surface area (Å²) in [5, 5.41) is 3.23. The maximum Gasteiger partial charge on any atom is 0.302 e. The fraction of sp³-hybridized carbons (Fsp3) is 0.176. The van der Waals surface area contributed by atoms with Crippen LogP contribution >= 0.6 is 23.2 Å². The Hall–Kier alpha value is -2.84. The molecule has 8 nitrogen and oxygen atoms in total. The molecular weight excluding hydrogens is 393 g/mol. The van der Waals surface area contributed by atoms with Crippen LogP contribution in [0.25, 0.3) is 22.1 Å². The predicted molar refractivity (Wildman–Crippen MR) is 102 cm³/mol. The van der Waals surface area contributed by atoms with E-state index < -0.39 is 5.91 Å². The highest BCUT2D eigenvalue weighted by molar-refractivity contribution is 6.42. The van der Waals surface area contributed by atoms with Crippen molar-refractivity contribution >= 4 is 57.3 Å². The number of halogens is 2. The summed E-state index contributed by atoms with van der Waals surface area (Å²) < 4.78 is 8.42. The van der Waals surface area contributed by atoms with Crippen molar-refractivity contribution in [3.63, 3.8) is 0 Å². The molecule has 0 unspecified atom stereocenters. The number of nitrogens with one attached hydrogen (secondary N) is 1. The summed E-state index contributed by atoms with van der Waals surface area (Å²) in [6, 6.07) is 3.09. The van der Waals surface area contributed by atoms with Crippen molar-refractivity contribution in [2.24, 2.45) is 7.05 Å². The molecule has 10 heteroatoms. The molecule has 27 heavy (non-hydrogen) atoms. The molecule has 138 valence electrons. The molecule has 0 fully saturated rings. The summed E-state index contributed by atoms with van der Waals surface area (Å²) in [4.78, 5) is 33.2. The third kappa shape index (κ3) is 3.07. The lowest BCUT2D eigenvalue weighted by Gasteiger charge is -2.05. The van der Waals surface area contributed by atoms with Crippen LogP contribution in [0.4, 0.5) is 6.01 Å². The molecule has 3 aromatic heterocycles. The molecule has 1 aromatic carbocycles. The molecule has 0 saturated heterocycles. The van der Waals surface area contributed by atoms with Gasteiger partial charge in [-0.15, -0.1) is 0 Å². The minimum Gasteiger partial charge on any atom is -0.423 e. The van der Waals surface area contributed by atoms with E-state index in [1.54, 1.807) is 19.3 Å². The molecule has 3 heterocycles. The molecule has 4 aromatic rings. The van der Waals surface area contributed by atoms with Gasteiger partial charge in [-0.2, -0.15) is 4.98 Å². The fourth-order valence-corrected chi connectivity index (χ4v) is 3.19. The second kappa shape index (κ2) is 6.40. The van der Waals surface area contributed by atoms with Crippen molar-refractivity contribution in [3.05, 3.63) is 50.6 Å². The van der Waals surface area contributed by atoms with E-state index >= 15 is 0 Å². The standard InChI is InChI=1S/C17H13Cl2N5O3/c1-8-5-23(2)16(26)15-14(8)20-7-24(15)6-13(25)22-17-21-11-3-9(18)10(19)4-12(11)27-17/h3-5,7H,6H2,1-2H3,(H,21,22,25). The summed E-state index contributed by atoms with van der Waals surface area (Å²) in [6.07, 6.45) is 3.17. The number of benzene rings is 1. The number of hydrogen-bond acceptors (Lipinski definition) is 5. The molecule has 0 aliphatic carbocycles. The number of pyridine rings is 1. The van der Waals surface area contributed by atoms with Gasteiger partial charge in [0.15, 0.2) is 5.58 Å². The number of carbonyl (C=O) groups excluding carboxylic acids is 1. The third-order valence-electron chi connectivity index (χ3n) is 4.11. The quantitative estimate of drug-likeness (QED) is 0.564. The van der Waals surface area contributed by atoms with E-state index in [1.165, 1.54) is 21.5 Å². The number of carbonyl (C=O) groups is 1. The van der Waals surface area contributed by atoms with Crippen LogP contribution in [0.5, 0.6) is 0 Å². The zero-order valence-electron chi connectivity index (χ0n) is 14.3. The number of amides is 1. The summed E-state index contributed by atoms with van der Waals surface area (Å²) in [7, 11) is 1.65. The lowest BCUT2D eigenvalue weighted by Crippen LogP contribution is -2.23. The van der Waals surface area contributed by atoms with Crippen molar-refractivity contribution in [1.82, 2.24) is 19.1 Å². The van der Waals surface area contributed by atoms with Gasteiger partial charge in [0.25, 0.3) is 5.56 Å². The Morgan fingerprint density at radius 1 is 1.30 bits per heavy atom. The summed E-state index contributed by atoms with van der Waals surface area (Å²) in [6.45, 7) is 1.74. The zero-order chi connectivity index (χ0) is 19.3. The van der Waals surface area contributed by atoms with Gasteiger partial charge in [-0.05, 0) is 18.6 Å². The first-order valence-electron chi connectivity index (χ1n) is 7.90. The van der Waals surface area contributed by atoms with E-state index in [-0.39, 0.29) is 18.1 Å². The van der Waals surface area contributed by atoms with E-state index in [0.717, 1.165) is 5.56 Å². The van der Waals surface area contributed by atoms with Crippen LogP contribution in [0.2, 0.25) is 10.0 Å². The SMILES string of the molecule is Cc1cn(C)c(=O)c2c1ncn2CC(=O)Nc1nc2cc(Cl)c(Cl)cc2o1. The number of hydrogen-bond donors (Lipinski definition) is 1. The van der Waals surface area contributed by atoms with Gasteiger partial charge in [0.2, 0.25) is 5.91 Å². The molecule has 1 amide bonds. The lowest BCUT2D eigenvalue weighted by molar-refractivity contribution is -0.116. The van der Waals surface area contributed by atoms with Crippen LogP contribution in [0.3, 0.4) is 0 Å². The van der Waals surface area contributed by atoms with Gasteiger partial charge in [0.1, 0.15) is 17.6 Å². The molecule has 0 aliphatic heterocycles. The molecule has 1 N–H and O–H groups in total. The Morgan fingerprint density at radius 2 is 2.04 bits per heavy atom. The summed E-state index contributed by atoms with van der Waals surface area (Å²) in [5.74, 6) is -0.415. The van der Waals surface area contributed by atoms with E-state index in [1.807, 2.05) is 6.92 Å². The summed E-state index contributed by atoms with van der Waals surface area (Å²) >= 11 is 11.9. The molecular formula is C17H13Cl2N5O3. The second-order valence-electron chi connectivity index (χ2n) is 6.10. The van der Waals surface area contributed by atoms with Crippen molar-refractivity contribution in [1.29, 1.82) is 0 Å². The van der Waals surface area contributed by atoms with E-state index in [9.17, 15) is 9.59 Å². The molecule has 0 radical (unpaired) electrons. The van der Waals surface area contributed by atoms with Gasteiger partial charge in [-0.3, -0.25) is 14.9 Å². The van der Waals surface area contributed by atoms with Gasteiger partial charge in [-0.25, -0.2) is 4.98 Å². The highest BCUT2D eigenvalue weighted by atomic mass is 35.5. The van der Waals surface area contributed by atoms with E-state index in [4.69, 9.17) is 27.6 Å². The van der Waals surface area contributed by atoms with E-state index in [0.29, 0.717) is 32.2 Å². The van der Waals surface area contributed by atoms with Crippen LogP contribution in [0.1, 0.15) is 5.56 Å². The van der Waals surface area contributed by atoms with Crippen molar-refractivity contribution in [2.45, 2.75) is 13.5 Å². The molecule has 4 rings (SSSR count). The Kier molecular flexibility index (Phi) is 4.16. The van der Waals surface area contributed by atoms with Crippen LogP contribution in [0, 0.1) is 6.92 Å². The average Bonchev–Trinajstić information content (AvgIpc) is 3.17. The van der Waals surface area contributed by atoms with Gasteiger partial charge >= 0.3 is 6.01 Å². The van der Waals surface area contributed by atoms with Gasteiger partial charge in [0.05, 0.1) is 21.9 Å². The fourth-order valence-electron chi connectivity index (χ4n) is 2.88. The summed E-state index contributed by atoms with van der Waals surface area (Å²) in [5.41, 5.74) is 2.42. The van der Waals surface area contributed by atoms with Crippen LogP contribution < -0.4 is 10.9 Å². The largest absolute Gasteiger partial charge is 0.423 e. The Labute approximate surface area is 162 Å². The highest BCUT2D eigenvalue weighted by Gasteiger charge is 2.16. The Bertz CT molecular complexity index is 1230. The van der Waals surface area contributed by atoms with Crippen LogP contribution in [0.15, 0.2) is 33.9 Å². The number of aromatic nitrogens is 4. The number of oxazole rings is 1. The third-order valence-corrected chi connectivity index (χ3v) is 4.83. The maximum absolute atomic E-state index is 12.4. The number of rotatable bonds is 3. The minimum atomic E-state index is -0.415. The normalized spacial score (nSPS) is 11.4. The van der Waals surface area contributed by atoms with Gasteiger partial charge in [-0.1, -0.05) is 23.2 Å². The van der Waals surface area contributed by atoms with Crippen molar-refractivity contribution in [3.8, 4) is 0 Å². The number of aryl methyl sites for hydroxylation is 2. The number of anilines is 1. The number of nitrogens with zero attached hydrogens (tertiary/aromatic N) is 4. The first-order chi connectivity index (χ1) is 12.8. The second-order valence-corrected chi connectivity index (χ2v) is 6.91. The molecule has 0 atom stereocenters. The zero-order valence-corrected chi connectivity index (χ0v) is 15.8. The van der Waals surface area contributed by atoms with Crippen molar-refractivity contribution in [2.75, 3.05) is 5.32 Å². The molecule has 0 aliphatic rings. The van der Waals surface area contributed by atoms with Gasteiger partial charge in [0, 0.05) is 19.3 Å². The van der Waals surface area contributed by atoms with E-state index in [2.05, 4.69) is 15.3 Å². The Morgan fingerprint density at radius 3 is 2.81 bits per heavy atom. The topological polar surface area (TPSA) is 95.0 Å².